The number of rotatable bonds is 13. The normalized spacial score (nSPS) is 17.1. The maximum Gasteiger partial charge on any atom is 0.274 e. The van der Waals surface area contributed by atoms with Crippen molar-refractivity contribution < 1.29 is 22.7 Å². The van der Waals surface area contributed by atoms with Gasteiger partial charge in [-0.15, -0.1) is 10.2 Å². The molecule has 15 heteroatoms. The van der Waals surface area contributed by atoms with Crippen LogP contribution in [0, 0.1) is 17.2 Å². The number of nitrogens with zero attached hydrogens (tertiary/aromatic N) is 5. The fourth-order valence-corrected chi connectivity index (χ4v) is 9.47. The first-order chi connectivity index (χ1) is 29.9. The number of piperidine rings is 1. The number of amides is 1. The number of halogens is 1. The zero-order chi connectivity index (χ0) is 43.4. The number of aromatic amines is 1. The molecule has 1 aliphatic heterocycles. The van der Waals surface area contributed by atoms with Crippen LogP contribution in [0.2, 0.25) is 5.02 Å². The van der Waals surface area contributed by atoms with E-state index in [-0.39, 0.29) is 29.4 Å². The van der Waals surface area contributed by atoms with Crippen molar-refractivity contribution in [3.05, 3.63) is 129 Å². The van der Waals surface area contributed by atoms with E-state index in [9.17, 15) is 18.0 Å². The van der Waals surface area contributed by atoms with Crippen LogP contribution in [-0.4, -0.2) is 65.6 Å². The van der Waals surface area contributed by atoms with Gasteiger partial charge in [0.2, 0.25) is 0 Å². The molecule has 0 bridgehead atoms. The number of nitriles is 1. The Morgan fingerprint density at radius 1 is 0.919 bits per heavy atom. The number of ether oxygens (including phenoxy) is 2. The number of H-pyrrole nitrogens is 1. The first-order valence-electron chi connectivity index (χ1n) is 20.9. The van der Waals surface area contributed by atoms with Gasteiger partial charge in [0.25, 0.3) is 11.5 Å². The lowest BCUT2D eigenvalue weighted by molar-refractivity contribution is 0.0888. The second-order valence-electron chi connectivity index (χ2n) is 16.4. The maximum absolute atomic E-state index is 13.0. The van der Waals surface area contributed by atoms with E-state index in [1.54, 1.807) is 55.8 Å². The predicted octanol–water partition coefficient (Wildman–Crippen LogP) is 8.15. The van der Waals surface area contributed by atoms with Crippen LogP contribution in [0.15, 0.2) is 96.1 Å². The summed E-state index contributed by atoms with van der Waals surface area (Å²) >= 11 is 6.15. The van der Waals surface area contributed by atoms with Gasteiger partial charge in [-0.05, 0) is 123 Å². The van der Waals surface area contributed by atoms with E-state index in [4.69, 9.17) is 26.3 Å². The van der Waals surface area contributed by atoms with Crippen LogP contribution >= 0.6 is 11.6 Å². The molecule has 1 saturated carbocycles. The summed E-state index contributed by atoms with van der Waals surface area (Å²) in [7, 11) is -1.59. The smallest absolute Gasteiger partial charge is 0.274 e. The minimum absolute atomic E-state index is 0.0187. The van der Waals surface area contributed by atoms with E-state index in [1.807, 2.05) is 30.3 Å². The van der Waals surface area contributed by atoms with Crippen LogP contribution in [0.1, 0.15) is 72.1 Å². The van der Waals surface area contributed by atoms with Crippen LogP contribution in [0.5, 0.6) is 17.2 Å². The minimum Gasteiger partial charge on any atom is -0.490 e. The Hall–Kier alpha value is -6.17. The van der Waals surface area contributed by atoms with Crippen molar-refractivity contribution in [3.63, 3.8) is 0 Å². The molecule has 13 nitrogen and oxygen atoms in total. The van der Waals surface area contributed by atoms with E-state index >= 15 is 0 Å². The number of hydrogen-bond donors (Lipinski definition) is 2. The first kappa shape index (κ1) is 42.5. The van der Waals surface area contributed by atoms with Crippen LogP contribution in [0.4, 0.5) is 5.82 Å². The molecule has 8 rings (SSSR count). The second-order valence-corrected chi connectivity index (χ2v) is 19.0. The van der Waals surface area contributed by atoms with Gasteiger partial charge in [-0.25, -0.2) is 8.42 Å². The zero-order valence-electron chi connectivity index (χ0n) is 34.6. The molecule has 0 unspecified atom stereocenters. The molecule has 0 radical (unpaired) electrons. The summed E-state index contributed by atoms with van der Waals surface area (Å²) in [6.45, 7) is 1.74. The highest BCUT2D eigenvalue weighted by molar-refractivity contribution is 7.89. The molecular formula is C47H48ClN7O6S. The fraction of sp³-hybridized carbons (Fsp3) is 0.340. The number of hydrogen-bond acceptors (Lipinski definition) is 10. The molecular weight excluding hydrogens is 826 g/mol. The highest BCUT2D eigenvalue weighted by atomic mass is 35.5. The number of aromatic nitrogens is 4. The van der Waals surface area contributed by atoms with E-state index in [2.05, 4.69) is 43.6 Å². The highest BCUT2D eigenvalue weighted by Crippen LogP contribution is 2.38. The minimum atomic E-state index is -3.28. The Labute approximate surface area is 365 Å². The molecule has 0 atom stereocenters. The predicted molar refractivity (Wildman–Crippen MR) is 240 cm³/mol. The molecule has 1 amide bonds. The monoisotopic (exact) mass is 873 g/mol. The van der Waals surface area contributed by atoms with Crippen LogP contribution in [-0.2, 0) is 29.1 Å². The van der Waals surface area contributed by atoms with Crippen molar-refractivity contribution in [1.29, 1.82) is 5.26 Å². The third-order valence-corrected chi connectivity index (χ3v) is 13.0. The second kappa shape index (κ2) is 18.4. The summed E-state index contributed by atoms with van der Waals surface area (Å²) in [5, 5.41) is 22.0. The van der Waals surface area contributed by atoms with Gasteiger partial charge in [0.05, 0.1) is 22.4 Å². The van der Waals surface area contributed by atoms with Crippen LogP contribution in [0.25, 0.3) is 22.0 Å². The highest BCUT2D eigenvalue weighted by Gasteiger charge is 2.26. The number of carbonyl (C=O) groups is 1. The molecule has 2 fully saturated rings. The lowest BCUT2D eigenvalue weighted by Gasteiger charge is -2.32. The number of anilines is 1. The molecule has 62 heavy (non-hydrogen) atoms. The third-order valence-electron chi connectivity index (χ3n) is 11.8. The number of fused-ring (bicyclic) bond motifs is 1. The zero-order valence-corrected chi connectivity index (χ0v) is 36.2. The van der Waals surface area contributed by atoms with Gasteiger partial charge in [-0.3, -0.25) is 9.59 Å². The number of nitrogens with one attached hydrogen (secondary N) is 2. The molecule has 0 spiro atoms. The van der Waals surface area contributed by atoms with Crippen molar-refractivity contribution in [2.45, 2.75) is 69.3 Å². The molecule has 3 aromatic carbocycles. The quantitative estimate of drug-likeness (QED) is 0.115. The standard InChI is InChI=1S/C47H48ClN7O6S/c1-54-28-40(38-19-22-50-45(38)47(54)57)39-25-32(29-62(2,58)59)7-17-43(39)61-36-11-5-30(6-12-36)3-4-31-20-23-55(24-21-31)44-18-16-42(52-53-44)46(56)51-34-9-14-35(15-10-34)60-37-13-8-33(27-49)41(48)26-37/h5-8,11-13,16-19,22,25-26,28,31,34-35,50H,3-4,9-10,14-15,20-21,23-24,29H2,1-2H3,(H,51,56). The number of aryl methyl sites for hydroxylation is 2. The molecule has 2 aliphatic rings. The summed E-state index contributed by atoms with van der Waals surface area (Å²) in [6, 6.07) is 26.1. The lowest BCUT2D eigenvalue weighted by Crippen LogP contribution is -2.40. The van der Waals surface area contributed by atoms with E-state index < -0.39 is 9.84 Å². The number of benzene rings is 3. The summed E-state index contributed by atoms with van der Waals surface area (Å²) in [4.78, 5) is 31.1. The van der Waals surface area contributed by atoms with Gasteiger partial charge in [0, 0.05) is 67.4 Å². The number of sulfone groups is 1. The average molecular weight is 874 g/mol. The van der Waals surface area contributed by atoms with Gasteiger partial charge >= 0.3 is 0 Å². The van der Waals surface area contributed by atoms with E-state index in [0.717, 1.165) is 81.2 Å². The topological polar surface area (TPSA) is 172 Å². The Balaban J connectivity index is 0.805. The van der Waals surface area contributed by atoms with Gasteiger partial charge in [0.15, 0.2) is 21.3 Å². The lowest BCUT2D eigenvalue weighted by atomic mass is 9.90. The van der Waals surface area contributed by atoms with Crippen molar-refractivity contribution in [2.24, 2.45) is 13.0 Å². The fourth-order valence-electron chi connectivity index (χ4n) is 8.48. The molecule has 1 aliphatic carbocycles. The molecule has 3 aromatic heterocycles. The van der Waals surface area contributed by atoms with Gasteiger partial charge < -0.3 is 29.2 Å². The molecule has 6 aromatic rings. The average Bonchev–Trinajstić information content (AvgIpc) is 3.77. The molecule has 4 heterocycles. The third kappa shape index (κ3) is 10.1. The Kier molecular flexibility index (Phi) is 12.6. The van der Waals surface area contributed by atoms with Crippen molar-refractivity contribution in [2.75, 3.05) is 24.2 Å². The number of pyridine rings is 1. The molecule has 320 valence electrons. The molecule has 1 saturated heterocycles. The Morgan fingerprint density at radius 2 is 1.66 bits per heavy atom. The van der Waals surface area contributed by atoms with Crippen LogP contribution < -0.4 is 25.2 Å². The van der Waals surface area contributed by atoms with Crippen molar-refractivity contribution in [1.82, 2.24) is 25.1 Å². The summed E-state index contributed by atoms with van der Waals surface area (Å²) in [5.41, 5.74) is 4.33. The van der Waals surface area contributed by atoms with E-state index in [0.29, 0.717) is 56.1 Å². The van der Waals surface area contributed by atoms with Crippen molar-refractivity contribution in [3.8, 4) is 34.4 Å². The number of carbonyl (C=O) groups excluding carboxylic acids is 1. The summed E-state index contributed by atoms with van der Waals surface area (Å²) < 4.78 is 38.4. The summed E-state index contributed by atoms with van der Waals surface area (Å²) in [5.74, 6) is 2.86. The maximum atomic E-state index is 13.0. The van der Waals surface area contributed by atoms with Gasteiger partial charge in [-0.1, -0.05) is 29.8 Å². The van der Waals surface area contributed by atoms with Crippen LogP contribution in [0.3, 0.4) is 0 Å². The Bertz CT molecular complexity index is 2790. The SMILES string of the molecule is Cn1cc(-c2cc(CS(C)(=O)=O)ccc2Oc2ccc(CCC3CCN(c4ccc(C(=O)NC5CCC(Oc6ccc(C#N)c(Cl)c6)CC5)nn4)CC3)cc2)c2cc[nH]c2c1=O. The molecule has 2 N–H and O–H groups in total. The van der Waals surface area contributed by atoms with Gasteiger partial charge in [0.1, 0.15) is 28.8 Å². The summed E-state index contributed by atoms with van der Waals surface area (Å²) in [6.07, 6.45) is 11.9. The van der Waals surface area contributed by atoms with Gasteiger partial charge in [-0.2, -0.15) is 5.26 Å². The van der Waals surface area contributed by atoms with Crippen molar-refractivity contribution >= 4 is 44.1 Å². The first-order valence-corrected chi connectivity index (χ1v) is 23.3. The van der Waals surface area contributed by atoms with E-state index in [1.165, 1.54) is 16.4 Å². The largest absolute Gasteiger partial charge is 0.490 e. The Morgan fingerprint density at radius 3 is 2.35 bits per heavy atom.